The van der Waals surface area contributed by atoms with E-state index in [9.17, 15) is 10.1 Å². The van der Waals surface area contributed by atoms with Crippen LogP contribution in [0, 0.1) is 10.1 Å². The average molecular weight is 322 g/mol. The van der Waals surface area contributed by atoms with Crippen LogP contribution in [0.3, 0.4) is 0 Å². The highest BCUT2D eigenvalue weighted by atomic mass is 35.5. The maximum absolute atomic E-state index is 11.3. The Morgan fingerprint density at radius 2 is 1.71 bits per heavy atom. The van der Waals surface area contributed by atoms with E-state index in [4.69, 9.17) is 27.9 Å². The minimum absolute atomic E-state index is 0.0938. The van der Waals surface area contributed by atoms with Crippen molar-refractivity contribution in [3.8, 4) is 5.75 Å². The fraction of sp³-hybridized carbons (Fsp3) is 0.0667. The zero-order valence-corrected chi connectivity index (χ0v) is 12.1. The number of halogens is 2. The molecule has 106 valence electrons. The zero-order chi connectivity index (χ0) is 15.0. The smallest absolute Gasteiger partial charge is 0.291 e. The number of para-hydroxylation sites is 1. The summed E-state index contributed by atoms with van der Waals surface area (Å²) in [5, 5.41) is 12.0. The Kier molecular flexibility index (Phi) is 3.57. The van der Waals surface area contributed by atoms with Gasteiger partial charge in [0.05, 0.1) is 4.92 Å². The molecule has 0 aromatic heterocycles. The third kappa shape index (κ3) is 2.48. The maximum Gasteiger partial charge on any atom is 0.291 e. The number of ether oxygens (including phenoxy) is 1. The van der Waals surface area contributed by atoms with Crippen LogP contribution >= 0.6 is 23.2 Å². The number of benzene rings is 2. The van der Waals surface area contributed by atoms with Gasteiger partial charge in [-0.25, -0.2) is 0 Å². The molecule has 1 aliphatic rings. The Labute approximate surface area is 130 Å². The van der Waals surface area contributed by atoms with Gasteiger partial charge in [0.2, 0.25) is 6.10 Å². The molecule has 0 aliphatic carbocycles. The first kappa shape index (κ1) is 13.9. The molecule has 0 fully saturated rings. The van der Waals surface area contributed by atoms with Crippen molar-refractivity contribution in [3.05, 3.63) is 79.4 Å². The summed E-state index contributed by atoms with van der Waals surface area (Å²) < 4.78 is 5.77. The van der Waals surface area contributed by atoms with Gasteiger partial charge in [-0.1, -0.05) is 47.5 Å². The van der Waals surface area contributed by atoms with Crippen LogP contribution in [-0.2, 0) is 0 Å². The molecule has 0 spiro atoms. The normalized spacial score (nSPS) is 16.7. The molecule has 0 saturated carbocycles. The van der Waals surface area contributed by atoms with Crippen molar-refractivity contribution in [2.75, 3.05) is 0 Å². The standard InChI is InChI=1S/C15H9Cl2NO3/c16-10-5-3-6-11(17)14(10)15-12(18(19)20)8-9-4-1-2-7-13(9)21-15/h1-8,15H. The highest BCUT2D eigenvalue weighted by Crippen LogP contribution is 2.42. The van der Waals surface area contributed by atoms with Gasteiger partial charge in [0.15, 0.2) is 0 Å². The first-order valence-corrected chi connectivity index (χ1v) is 6.89. The fourth-order valence-electron chi connectivity index (χ4n) is 2.25. The van der Waals surface area contributed by atoms with Gasteiger partial charge in [-0.05, 0) is 18.2 Å². The van der Waals surface area contributed by atoms with E-state index in [0.29, 0.717) is 26.9 Å². The largest absolute Gasteiger partial charge is 0.474 e. The van der Waals surface area contributed by atoms with E-state index in [2.05, 4.69) is 0 Å². The van der Waals surface area contributed by atoms with Crippen LogP contribution in [0.1, 0.15) is 17.2 Å². The van der Waals surface area contributed by atoms with Crippen LogP contribution in [-0.4, -0.2) is 4.92 Å². The van der Waals surface area contributed by atoms with Gasteiger partial charge in [0, 0.05) is 27.2 Å². The molecule has 21 heavy (non-hydrogen) atoms. The number of rotatable bonds is 2. The molecule has 6 heteroatoms. The van der Waals surface area contributed by atoms with Gasteiger partial charge in [0.1, 0.15) is 5.75 Å². The second-order valence-corrected chi connectivity index (χ2v) is 5.31. The predicted molar refractivity (Wildman–Crippen MR) is 81.2 cm³/mol. The minimum atomic E-state index is -0.934. The van der Waals surface area contributed by atoms with Gasteiger partial charge in [-0.2, -0.15) is 0 Å². The van der Waals surface area contributed by atoms with Crippen molar-refractivity contribution in [2.45, 2.75) is 6.10 Å². The van der Waals surface area contributed by atoms with E-state index in [1.165, 1.54) is 6.08 Å². The summed E-state index contributed by atoms with van der Waals surface area (Å²) in [6, 6.07) is 12.0. The van der Waals surface area contributed by atoms with Crippen LogP contribution in [0.2, 0.25) is 10.0 Å². The lowest BCUT2D eigenvalue weighted by Crippen LogP contribution is -2.20. The molecule has 0 radical (unpaired) electrons. The van der Waals surface area contributed by atoms with Crippen LogP contribution in [0.5, 0.6) is 5.75 Å². The number of hydrogen-bond acceptors (Lipinski definition) is 3. The summed E-state index contributed by atoms with van der Waals surface area (Å²) in [7, 11) is 0. The van der Waals surface area contributed by atoms with Crippen molar-refractivity contribution < 1.29 is 9.66 Å². The number of fused-ring (bicyclic) bond motifs is 1. The highest BCUT2D eigenvalue weighted by Gasteiger charge is 2.35. The summed E-state index contributed by atoms with van der Waals surface area (Å²) in [6.45, 7) is 0. The minimum Gasteiger partial charge on any atom is -0.474 e. The molecular formula is C15H9Cl2NO3. The van der Waals surface area contributed by atoms with Crippen molar-refractivity contribution in [1.29, 1.82) is 0 Å². The fourth-order valence-corrected chi connectivity index (χ4v) is 2.84. The van der Waals surface area contributed by atoms with Gasteiger partial charge in [-0.3, -0.25) is 10.1 Å². The number of nitrogens with zero attached hydrogens (tertiary/aromatic N) is 1. The molecule has 1 aliphatic heterocycles. The number of nitro groups is 1. The van der Waals surface area contributed by atoms with Crippen molar-refractivity contribution in [1.82, 2.24) is 0 Å². The van der Waals surface area contributed by atoms with E-state index < -0.39 is 11.0 Å². The topological polar surface area (TPSA) is 52.4 Å². The van der Waals surface area contributed by atoms with Crippen molar-refractivity contribution >= 4 is 29.3 Å². The summed E-state index contributed by atoms with van der Waals surface area (Å²) >= 11 is 12.3. The third-order valence-electron chi connectivity index (χ3n) is 3.21. The molecule has 1 unspecified atom stereocenters. The summed E-state index contributed by atoms with van der Waals surface area (Å²) in [6.07, 6.45) is 0.555. The lowest BCUT2D eigenvalue weighted by atomic mass is 10.0. The van der Waals surface area contributed by atoms with Crippen LogP contribution in [0.4, 0.5) is 0 Å². The molecule has 1 heterocycles. The molecule has 2 aromatic rings. The highest BCUT2D eigenvalue weighted by molar-refractivity contribution is 6.36. The Morgan fingerprint density at radius 1 is 1.05 bits per heavy atom. The summed E-state index contributed by atoms with van der Waals surface area (Å²) in [5.41, 5.74) is 0.964. The molecule has 2 aromatic carbocycles. The lowest BCUT2D eigenvalue weighted by Gasteiger charge is -2.23. The predicted octanol–water partition coefficient (Wildman–Crippen LogP) is 4.74. The van der Waals surface area contributed by atoms with Crippen molar-refractivity contribution in [3.63, 3.8) is 0 Å². The second-order valence-electron chi connectivity index (χ2n) is 4.50. The Balaban J connectivity index is 2.17. The van der Waals surface area contributed by atoms with E-state index in [-0.39, 0.29) is 5.70 Å². The van der Waals surface area contributed by atoms with E-state index >= 15 is 0 Å². The van der Waals surface area contributed by atoms with Crippen LogP contribution in [0.15, 0.2) is 48.2 Å². The molecule has 4 nitrogen and oxygen atoms in total. The molecule has 1 atom stereocenters. The molecule has 0 saturated heterocycles. The first-order chi connectivity index (χ1) is 10.1. The van der Waals surface area contributed by atoms with Gasteiger partial charge in [0.25, 0.3) is 5.70 Å². The molecule has 0 N–H and O–H groups in total. The van der Waals surface area contributed by atoms with Gasteiger partial charge in [-0.15, -0.1) is 0 Å². The van der Waals surface area contributed by atoms with E-state index in [0.717, 1.165) is 0 Å². The van der Waals surface area contributed by atoms with E-state index in [1.54, 1.807) is 42.5 Å². The summed E-state index contributed by atoms with van der Waals surface area (Å²) in [4.78, 5) is 10.9. The van der Waals surface area contributed by atoms with Gasteiger partial charge >= 0.3 is 0 Å². The molecule has 0 amide bonds. The average Bonchev–Trinajstić information content (AvgIpc) is 2.46. The van der Waals surface area contributed by atoms with Crippen molar-refractivity contribution in [2.24, 2.45) is 0 Å². The lowest BCUT2D eigenvalue weighted by molar-refractivity contribution is -0.434. The quantitative estimate of drug-likeness (QED) is 0.592. The third-order valence-corrected chi connectivity index (χ3v) is 3.87. The second kappa shape index (κ2) is 5.39. The molecular weight excluding hydrogens is 313 g/mol. The number of hydrogen-bond donors (Lipinski definition) is 0. The summed E-state index contributed by atoms with van der Waals surface area (Å²) in [5.74, 6) is 0.559. The Bertz CT molecular complexity index is 738. The maximum atomic E-state index is 11.3. The SMILES string of the molecule is O=[N+]([O-])C1=Cc2ccccc2OC1c1c(Cl)cccc1Cl. The van der Waals surface area contributed by atoms with Gasteiger partial charge < -0.3 is 4.74 Å². The van der Waals surface area contributed by atoms with E-state index in [1.807, 2.05) is 0 Å². The van der Waals surface area contributed by atoms with Crippen LogP contribution < -0.4 is 4.74 Å². The zero-order valence-electron chi connectivity index (χ0n) is 10.6. The Hall–Kier alpha value is -2.04. The molecule has 3 rings (SSSR count). The Morgan fingerprint density at radius 3 is 2.38 bits per heavy atom. The monoisotopic (exact) mass is 321 g/mol. The first-order valence-electron chi connectivity index (χ1n) is 6.13. The van der Waals surface area contributed by atoms with Crippen LogP contribution in [0.25, 0.3) is 6.08 Å². The molecule has 0 bridgehead atoms.